The molecule has 0 aliphatic carbocycles. The van der Waals surface area contributed by atoms with Gasteiger partial charge in [0.2, 0.25) is 0 Å². The minimum atomic E-state index is 0.594. The van der Waals surface area contributed by atoms with E-state index in [4.69, 9.17) is 24.4 Å². The van der Waals surface area contributed by atoms with E-state index in [1.807, 2.05) is 69.8 Å². The summed E-state index contributed by atoms with van der Waals surface area (Å²) in [4.78, 5) is 2.36. The van der Waals surface area contributed by atoms with Gasteiger partial charge in [-0.2, -0.15) is 10.2 Å². The first-order valence-electron chi connectivity index (χ1n) is 11.9. The number of nitrogens with zero attached hydrogens (tertiary/aromatic N) is 5. The number of anilines is 1. The van der Waals surface area contributed by atoms with Gasteiger partial charge in [0.15, 0.2) is 9.54 Å². The summed E-state index contributed by atoms with van der Waals surface area (Å²) in [6.45, 7) is 3.64. The van der Waals surface area contributed by atoms with Gasteiger partial charge in [0.1, 0.15) is 11.6 Å². The molecule has 9 heteroatoms. The van der Waals surface area contributed by atoms with Crippen molar-refractivity contribution >= 4 is 30.1 Å². The smallest absolute Gasteiger partial charge is 0.199 e. The monoisotopic (exact) mass is 513 g/mol. The van der Waals surface area contributed by atoms with E-state index in [2.05, 4.69) is 56.5 Å². The first-order chi connectivity index (χ1) is 17.6. The SMILES string of the molecule is Cc1ccc(N(CCc2n[nH]c(=S)n2-c2ccccc2)CCc2n[nH]c(=S)n2-c2ccccc2)cc1. The fraction of sp³-hybridized carbons (Fsp3) is 0.185. The summed E-state index contributed by atoms with van der Waals surface area (Å²) in [5.41, 5.74) is 4.40. The molecule has 0 amide bonds. The highest BCUT2D eigenvalue weighted by Gasteiger charge is 2.15. The van der Waals surface area contributed by atoms with E-state index in [1.165, 1.54) is 5.56 Å². The van der Waals surface area contributed by atoms with Gasteiger partial charge in [0.25, 0.3) is 0 Å². The number of hydrogen-bond acceptors (Lipinski definition) is 5. The molecule has 0 aliphatic heterocycles. The summed E-state index contributed by atoms with van der Waals surface area (Å²) < 4.78 is 5.19. The molecular weight excluding hydrogens is 486 g/mol. The van der Waals surface area contributed by atoms with Crippen LogP contribution in [0.15, 0.2) is 84.9 Å². The van der Waals surface area contributed by atoms with Crippen LogP contribution >= 0.6 is 24.4 Å². The van der Waals surface area contributed by atoms with E-state index in [1.54, 1.807) is 0 Å². The zero-order chi connectivity index (χ0) is 24.9. The van der Waals surface area contributed by atoms with Gasteiger partial charge in [0, 0.05) is 43.0 Å². The third-order valence-electron chi connectivity index (χ3n) is 6.12. The number of benzene rings is 3. The Balaban J connectivity index is 1.39. The Bertz CT molecular complexity index is 1440. The van der Waals surface area contributed by atoms with Crippen molar-refractivity contribution < 1.29 is 0 Å². The molecule has 0 saturated carbocycles. The number of H-pyrrole nitrogens is 2. The van der Waals surface area contributed by atoms with Crippen LogP contribution in [0.4, 0.5) is 5.69 Å². The van der Waals surface area contributed by atoms with Crippen molar-refractivity contribution in [2.75, 3.05) is 18.0 Å². The summed E-state index contributed by atoms with van der Waals surface area (Å²) in [6.07, 6.45) is 1.45. The quantitative estimate of drug-likeness (QED) is 0.245. The molecule has 3 aromatic carbocycles. The van der Waals surface area contributed by atoms with E-state index >= 15 is 0 Å². The van der Waals surface area contributed by atoms with E-state index in [-0.39, 0.29) is 0 Å². The molecule has 2 N–H and O–H groups in total. The van der Waals surface area contributed by atoms with Gasteiger partial charge in [-0.05, 0) is 67.8 Å². The maximum absolute atomic E-state index is 5.53. The first-order valence-corrected chi connectivity index (χ1v) is 12.7. The molecule has 2 heterocycles. The number of aromatic amines is 2. The van der Waals surface area contributed by atoms with Crippen molar-refractivity contribution in [3.05, 3.63) is 112 Å². The molecular formula is C27H27N7S2. The summed E-state index contributed by atoms with van der Waals surface area (Å²) in [5, 5.41) is 15.0. The lowest BCUT2D eigenvalue weighted by Gasteiger charge is -2.25. The van der Waals surface area contributed by atoms with Crippen molar-refractivity contribution in [3.63, 3.8) is 0 Å². The van der Waals surface area contributed by atoms with Crippen LogP contribution in [0.5, 0.6) is 0 Å². The third-order valence-corrected chi connectivity index (χ3v) is 6.67. The summed E-state index contributed by atoms with van der Waals surface area (Å²) in [5.74, 6) is 1.80. The Morgan fingerprint density at radius 3 is 1.56 bits per heavy atom. The molecule has 0 unspecified atom stereocenters. The van der Waals surface area contributed by atoms with Crippen molar-refractivity contribution in [2.45, 2.75) is 19.8 Å². The molecule has 0 saturated heterocycles. The third kappa shape index (κ3) is 5.22. The second-order valence-electron chi connectivity index (χ2n) is 8.55. The molecule has 5 aromatic rings. The summed E-state index contributed by atoms with van der Waals surface area (Å²) in [6, 6.07) is 28.8. The second-order valence-corrected chi connectivity index (χ2v) is 9.33. The lowest BCUT2D eigenvalue weighted by atomic mass is 10.2. The molecule has 0 aliphatic rings. The van der Waals surface area contributed by atoms with Gasteiger partial charge in [-0.25, -0.2) is 0 Å². The molecule has 2 aromatic heterocycles. The highest BCUT2D eigenvalue weighted by Crippen LogP contribution is 2.19. The number of nitrogens with one attached hydrogen (secondary N) is 2. The van der Waals surface area contributed by atoms with Gasteiger partial charge in [-0.1, -0.05) is 54.1 Å². The van der Waals surface area contributed by atoms with Crippen LogP contribution in [0.25, 0.3) is 11.4 Å². The highest BCUT2D eigenvalue weighted by molar-refractivity contribution is 7.71. The van der Waals surface area contributed by atoms with Crippen LogP contribution in [0, 0.1) is 16.5 Å². The van der Waals surface area contributed by atoms with Crippen molar-refractivity contribution in [3.8, 4) is 11.4 Å². The average molecular weight is 514 g/mol. The Hall–Kier alpha value is -3.82. The maximum Gasteiger partial charge on any atom is 0.199 e. The number of aryl methyl sites for hydroxylation is 1. The Morgan fingerprint density at radius 1 is 0.667 bits per heavy atom. The topological polar surface area (TPSA) is 70.5 Å². The number of hydrogen-bond donors (Lipinski definition) is 2. The molecule has 0 fully saturated rings. The van der Waals surface area contributed by atoms with Gasteiger partial charge >= 0.3 is 0 Å². The van der Waals surface area contributed by atoms with Crippen LogP contribution in [-0.2, 0) is 12.8 Å². The van der Waals surface area contributed by atoms with Gasteiger partial charge in [0.05, 0.1) is 0 Å². The zero-order valence-corrected chi connectivity index (χ0v) is 21.6. The normalized spacial score (nSPS) is 11.0. The van der Waals surface area contributed by atoms with E-state index in [0.29, 0.717) is 9.54 Å². The van der Waals surface area contributed by atoms with Crippen molar-refractivity contribution in [2.24, 2.45) is 0 Å². The van der Waals surface area contributed by atoms with Gasteiger partial charge < -0.3 is 4.90 Å². The van der Waals surface area contributed by atoms with Crippen LogP contribution in [0.3, 0.4) is 0 Å². The number of para-hydroxylation sites is 2. The minimum Gasteiger partial charge on any atom is -0.371 e. The Kier molecular flexibility index (Phi) is 7.20. The second kappa shape index (κ2) is 10.8. The van der Waals surface area contributed by atoms with E-state index in [9.17, 15) is 0 Å². The highest BCUT2D eigenvalue weighted by atomic mass is 32.1. The van der Waals surface area contributed by atoms with Crippen LogP contribution in [0.2, 0.25) is 0 Å². The summed E-state index contributed by atoms with van der Waals surface area (Å²) in [7, 11) is 0. The van der Waals surface area contributed by atoms with Crippen LogP contribution in [0.1, 0.15) is 17.2 Å². The lowest BCUT2D eigenvalue weighted by Crippen LogP contribution is -2.29. The lowest BCUT2D eigenvalue weighted by molar-refractivity contribution is 0.712. The predicted octanol–water partition coefficient (Wildman–Crippen LogP) is 5.77. The largest absolute Gasteiger partial charge is 0.371 e. The molecule has 5 rings (SSSR count). The molecule has 0 bridgehead atoms. The van der Waals surface area contributed by atoms with Crippen molar-refractivity contribution in [1.82, 2.24) is 29.5 Å². The first kappa shape index (κ1) is 23.9. The summed E-state index contributed by atoms with van der Waals surface area (Å²) >= 11 is 11.1. The molecule has 0 atom stereocenters. The van der Waals surface area contributed by atoms with Crippen LogP contribution < -0.4 is 4.90 Å². The average Bonchev–Trinajstić information content (AvgIpc) is 3.47. The van der Waals surface area contributed by atoms with Crippen LogP contribution in [-0.4, -0.2) is 42.6 Å². The zero-order valence-electron chi connectivity index (χ0n) is 20.0. The molecule has 7 nitrogen and oxygen atoms in total. The number of rotatable bonds is 9. The molecule has 0 spiro atoms. The fourth-order valence-corrected chi connectivity index (χ4v) is 4.79. The van der Waals surface area contributed by atoms with E-state index < -0.39 is 0 Å². The Morgan fingerprint density at radius 2 is 1.11 bits per heavy atom. The molecule has 0 radical (unpaired) electrons. The molecule has 36 heavy (non-hydrogen) atoms. The van der Waals surface area contributed by atoms with E-state index in [0.717, 1.165) is 54.6 Å². The Labute approximate surface area is 220 Å². The van der Waals surface area contributed by atoms with Gasteiger partial charge in [-0.15, -0.1) is 0 Å². The minimum absolute atomic E-state index is 0.594. The van der Waals surface area contributed by atoms with Gasteiger partial charge in [-0.3, -0.25) is 19.3 Å². The van der Waals surface area contributed by atoms with Crippen molar-refractivity contribution in [1.29, 1.82) is 0 Å². The fourth-order valence-electron chi connectivity index (χ4n) is 4.28. The standard InChI is InChI=1S/C27H27N7S2/c1-20-12-14-21(15-13-20)32(18-16-24-28-30-26(35)33(24)22-8-4-2-5-9-22)19-17-25-29-31-27(36)34(25)23-10-6-3-7-11-23/h2-15H,16-19H2,1H3,(H,30,35)(H,31,36). The maximum atomic E-state index is 5.53. The predicted molar refractivity (Wildman–Crippen MR) is 148 cm³/mol. The molecule has 182 valence electrons. The number of aromatic nitrogens is 6.